The van der Waals surface area contributed by atoms with Crippen molar-refractivity contribution in [1.82, 2.24) is 5.32 Å². The molecule has 0 amide bonds. The highest BCUT2D eigenvalue weighted by molar-refractivity contribution is 4.81. The van der Waals surface area contributed by atoms with Gasteiger partial charge in [-0.1, -0.05) is 20.3 Å². The van der Waals surface area contributed by atoms with E-state index >= 15 is 0 Å². The monoisotopic (exact) mass is 241 g/mol. The largest absolute Gasteiger partial charge is 0.381 e. The van der Waals surface area contributed by atoms with Crippen LogP contribution in [0.25, 0.3) is 0 Å². The van der Waals surface area contributed by atoms with Crippen LogP contribution in [-0.4, -0.2) is 25.3 Å². The Morgan fingerprint density at radius 3 is 2.29 bits per heavy atom. The zero-order valence-electron chi connectivity index (χ0n) is 12.4. The lowest BCUT2D eigenvalue weighted by atomic mass is 9.85. The minimum Gasteiger partial charge on any atom is -0.381 e. The first kappa shape index (κ1) is 15.0. The Morgan fingerprint density at radius 1 is 1.18 bits per heavy atom. The van der Waals surface area contributed by atoms with E-state index in [9.17, 15) is 0 Å². The summed E-state index contributed by atoms with van der Waals surface area (Å²) in [5.41, 5.74) is 0.489. The van der Waals surface area contributed by atoms with E-state index in [1.165, 1.54) is 25.7 Å². The van der Waals surface area contributed by atoms with Gasteiger partial charge in [0.1, 0.15) is 0 Å². The van der Waals surface area contributed by atoms with Gasteiger partial charge in [0, 0.05) is 24.1 Å². The molecule has 0 aliphatic heterocycles. The Labute approximate surface area is 108 Å². The molecule has 0 bridgehead atoms. The molecule has 1 rings (SSSR count). The first-order chi connectivity index (χ1) is 7.85. The van der Waals surface area contributed by atoms with Crippen LogP contribution in [0.4, 0.5) is 0 Å². The zero-order chi connectivity index (χ0) is 12.9. The summed E-state index contributed by atoms with van der Waals surface area (Å²) in [6, 6.07) is 0. The first-order valence-corrected chi connectivity index (χ1v) is 7.17. The number of hydrogen-bond acceptors (Lipinski definition) is 2. The molecule has 2 nitrogen and oxygen atoms in total. The molecule has 0 aromatic rings. The zero-order valence-corrected chi connectivity index (χ0v) is 12.4. The lowest BCUT2D eigenvalue weighted by molar-refractivity contribution is 0.0385. The summed E-state index contributed by atoms with van der Waals surface area (Å²) < 4.78 is 5.90. The van der Waals surface area contributed by atoms with Crippen molar-refractivity contribution in [2.24, 2.45) is 11.3 Å². The summed E-state index contributed by atoms with van der Waals surface area (Å²) in [6.45, 7) is 14.2. The molecule has 102 valence electrons. The van der Waals surface area contributed by atoms with Crippen LogP contribution in [0.3, 0.4) is 0 Å². The molecule has 1 atom stereocenters. The molecule has 1 saturated carbocycles. The number of nitrogens with one attached hydrogen (secondary N) is 1. The van der Waals surface area contributed by atoms with Crippen molar-refractivity contribution in [3.63, 3.8) is 0 Å². The van der Waals surface area contributed by atoms with Crippen molar-refractivity contribution >= 4 is 0 Å². The average Bonchev–Trinajstić information content (AvgIpc) is 2.98. The summed E-state index contributed by atoms with van der Waals surface area (Å²) in [5.74, 6) is 0.872. The maximum absolute atomic E-state index is 5.90. The molecule has 0 spiro atoms. The van der Waals surface area contributed by atoms with Gasteiger partial charge in [0.15, 0.2) is 0 Å². The fourth-order valence-electron chi connectivity index (χ4n) is 2.05. The van der Waals surface area contributed by atoms with Gasteiger partial charge in [-0.25, -0.2) is 0 Å². The molecule has 0 aromatic carbocycles. The third kappa shape index (κ3) is 7.05. The van der Waals surface area contributed by atoms with Crippen molar-refractivity contribution in [3.8, 4) is 0 Å². The molecule has 0 saturated heterocycles. The van der Waals surface area contributed by atoms with Gasteiger partial charge in [-0.2, -0.15) is 0 Å². The molecular formula is C15H31NO. The Hall–Kier alpha value is -0.0800. The van der Waals surface area contributed by atoms with Crippen molar-refractivity contribution in [2.75, 3.05) is 19.8 Å². The van der Waals surface area contributed by atoms with Gasteiger partial charge in [0.2, 0.25) is 0 Å². The number of hydrogen-bond donors (Lipinski definition) is 1. The van der Waals surface area contributed by atoms with Crippen LogP contribution in [0.2, 0.25) is 0 Å². The van der Waals surface area contributed by atoms with Gasteiger partial charge < -0.3 is 10.1 Å². The van der Waals surface area contributed by atoms with Crippen LogP contribution in [0.5, 0.6) is 0 Å². The molecule has 0 radical (unpaired) electrons. The van der Waals surface area contributed by atoms with E-state index in [4.69, 9.17) is 4.74 Å². The average molecular weight is 241 g/mol. The van der Waals surface area contributed by atoms with Crippen LogP contribution in [0.1, 0.15) is 60.3 Å². The summed E-state index contributed by atoms with van der Waals surface area (Å²) in [6.07, 6.45) is 5.23. The summed E-state index contributed by atoms with van der Waals surface area (Å²) in [7, 11) is 0. The van der Waals surface area contributed by atoms with Gasteiger partial charge in [0.25, 0.3) is 0 Å². The van der Waals surface area contributed by atoms with Gasteiger partial charge >= 0.3 is 0 Å². The summed E-state index contributed by atoms with van der Waals surface area (Å²) in [5, 5.41) is 3.62. The highest BCUT2D eigenvalue weighted by atomic mass is 16.5. The van der Waals surface area contributed by atoms with E-state index in [1.54, 1.807) is 0 Å². The molecule has 1 aliphatic rings. The van der Waals surface area contributed by atoms with Crippen molar-refractivity contribution < 1.29 is 4.74 Å². The van der Waals surface area contributed by atoms with E-state index in [0.717, 1.165) is 25.7 Å². The minimum absolute atomic E-state index is 0.200. The van der Waals surface area contributed by atoms with E-state index in [0.29, 0.717) is 0 Å². The maximum Gasteiger partial charge on any atom is 0.0532 e. The van der Waals surface area contributed by atoms with Crippen LogP contribution >= 0.6 is 0 Å². The van der Waals surface area contributed by atoms with Crippen LogP contribution < -0.4 is 5.32 Å². The lowest BCUT2D eigenvalue weighted by Gasteiger charge is -2.33. The Balaban J connectivity index is 2.30. The fourth-order valence-corrected chi connectivity index (χ4v) is 2.05. The number of ether oxygens (including phenoxy) is 1. The molecule has 1 aliphatic carbocycles. The third-order valence-corrected chi connectivity index (χ3v) is 3.40. The second kappa shape index (κ2) is 6.19. The molecule has 1 unspecified atom stereocenters. The van der Waals surface area contributed by atoms with Gasteiger partial charge in [-0.05, 0) is 46.0 Å². The van der Waals surface area contributed by atoms with E-state index in [2.05, 4.69) is 39.9 Å². The summed E-state index contributed by atoms with van der Waals surface area (Å²) in [4.78, 5) is 0. The van der Waals surface area contributed by atoms with Crippen LogP contribution in [0.15, 0.2) is 0 Å². The van der Waals surface area contributed by atoms with Gasteiger partial charge in [0.05, 0.1) is 6.61 Å². The topological polar surface area (TPSA) is 21.3 Å². The lowest BCUT2D eigenvalue weighted by Crippen LogP contribution is -2.44. The van der Waals surface area contributed by atoms with Crippen molar-refractivity contribution in [3.05, 3.63) is 0 Å². The van der Waals surface area contributed by atoms with Gasteiger partial charge in [-0.15, -0.1) is 0 Å². The minimum atomic E-state index is 0.200. The molecule has 1 fully saturated rings. The van der Waals surface area contributed by atoms with Gasteiger partial charge in [-0.3, -0.25) is 0 Å². The Morgan fingerprint density at radius 2 is 1.82 bits per heavy atom. The normalized spacial score (nSPS) is 20.3. The second-order valence-electron chi connectivity index (χ2n) is 7.12. The van der Waals surface area contributed by atoms with E-state index in [-0.39, 0.29) is 11.0 Å². The molecular weight excluding hydrogens is 210 g/mol. The second-order valence-corrected chi connectivity index (χ2v) is 7.12. The molecule has 17 heavy (non-hydrogen) atoms. The van der Waals surface area contributed by atoms with Crippen LogP contribution in [0, 0.1) is 11.3 Å². The SMILES string of the molecule is CCCC(C)(CNC(C)(C)C)COCC1CC1. The highest BCUT2D eigenvalue weighted by Gasteiger charge is 2.27. The first-order valence-electron chi connectivity index (χ1n) is 7.17. The highest BCUT2D eigenvalue weighted by Crippen LogP contribution is 2.30. The quantitative estimate of drug-likeness (QED) is 0.701. The third-order valence-electron chi connectivity index (χ3n) is 3.40. The standard InChI is InChI=1S/C15H31NO/c1-6-9-15(5,11-16-14(2,3)4)12-17-10-13-7-8-13/h13,16H,6-12H2,1-5H3. The predicted octanol–water partition coefficient (Wildman–Crippen LogP) is 3.61. The smallest absolute Gasteiger partial charge is 0.0532 e. The summed E-state index contributed by atoms with van der Waals surface area (Å²) >= 11 is 0. The molecule has 0 heterocycles. The number of rotatable bonds is 8. The van der Waals surface area contributed by atoms with E-state index < -0.39 is 0 Å². The maximum atomic E-state index is 5.90. The van der Waals surface area contributed by atoms with E-state index in [1.807, 2.05) is 0 Å². The Kier molecular flexibility index (Phi) is 5.46. The molecule has 1 N–H and O–H groups in total. The van der Waals surface area contributed by atoms with Crippen LogP contribution in [-0.2, 0) is 4.74 Å². The molecule has 2 heteroatoms. The van der Waals surface area contributed by atoms with Crippen molar-refractivity contribution in [1.29, 1.82) is 0 Å². The molecule has 0 aromatic heterocycles. The fraction of sp³-hybridized carbons (Fsp3) is 1.00. The predicted molar refractivity (Wildman–Crippen MR) is 74.3 cm³/mol. The van der Waals surface area contributed by atoms with Crippen molar-refractivity contribution in [2.45, 2.75) is 65.8 Å². The Bertz CT molecular complexity index is 217.